The lowest BCUT2D eigenvalue weighted by molar-refractivity contribution is -0.132. The van der Waals surface area contributed by atoms with Gasteiger partial charge in [-0.25, -0.2) is 4.79 Å². The van der Waals surface area contributed by atoms with Crippen LogP contribution < -0.4 is 0 Å². The standard InChI is InChI=1S/C11H10N2O2/c1-13-6-5-9(8-13)3-2-4-10(7-12)11(14)15/h2-6,8H,1H3,(H,14,15)/b3-2+,10-4+. The zero-order valence-electron chi connectivity index (χ0n) is 8.21. The number of carboxylic acids is 1. The van der Waals surface area contributed by atoms with E-state index in [0.29, 0.717) is 0 Å². The Labute approximate surface area is 87.4 Å². The molecule has 0 radical (unpaired) electrons. The topological polar surface area (TPSA) is 66.0 Å². The van der Waals surface area contributed by atoms with E-state index in [9.17, 15) is 4.79 Å². The molecular weight excluding hydrogens is 192 g/mol. The van der Waals surface area contributed by atoms with Crippen molar-refractivity contribution in [1.29, 1.82) is 5.26 Å². The normalized spacial score (nSPS) is 11.6. The minimum atomic E-state index is -1.21. The zero-order chi connectivity index (χ0) is 11.3. The quantitative estimate of drug-likeness (QED) is 0.459. The first-order chi connectivity index (χ1) is 7.13. The van der Waals surface area contributed by atoms with Crippen molar-refractivity contribution in [3.05, 3.63) is 41.7 Å². The highest BCUT2D eigenvalue weighted by Gasteiger charge is 2.02. The third-order valence-corrected chi connectivity index (χ3v) is 1.76. The largest absolute Gasteiger partial charge is 0.477 e. The summed E-state index contributed by atoms with van der Waals surface area (Å²) in [6, 6.07) is 3.48. The number of aliphatic carboxylic acids is 1. The fourth-order valence-corrected chi connectivity index (χ4v) is 1.04. The predicted molar refractivity (Wildman–Crippen MR) is 55.8 cm³/mol. The van der Waals surface area contributed by atoms with Crippen molar-refractivity contribution in [1.82, 2.24) is 4.57 Å². The van der Waals surface area contributed by atoms with Gasteiger partial charge < -0.3 is 9.67 Å². The van der Waals surface area contributed by atoms with Gasteiger partial charge in [0.25, 0.3) is 0 Å². The van der Waals surface area contributed by atoms with Crippen LogP contribution in [0.5, 0.6) is 0 Å². The van der Waals surface area contributed by atoms with Crippen molar-refractivity contribution >= 4 is 12.0 Å². The first kappa shape index (κ1) is 10.8. The van der Waals surface area contributed by atoms with Gasteiger partial charge in [-0.2, -0.15) is 5.26 Å². The highest BCUT2D eigenvalue weighted by atomic mass is 16.4. The molecule has 0 amide bonds. The molecule has 1 rings (SSSR count). The Kier molecular flexibility index (Phi) is 3.47. The van der Waals surface area contributed by atoms with Crippen LogP contribution in [0, 0.1) is 11.3 Å². The van der Waals surface area contributed by atoms with Crippen LogP contribution in [0.25, 0.3) is 6.08 Å². The van der Waals surface area contributed by atoms with Gasteiger partial charge in [0, 0.05) is 19.4 Å². The molecule has 1 heterocycles. The zero-order valence-corrected chi connectivity index (χ0v) is 8.21. The molecular formula is C11H10N2O2. The molecule has 0 bridgehead atoms. The molecule has 0 aliphatic carbocycles. The van der Waals surface area contributed by atoms with Gasteiger partial charge in [0.2, 0.25) is 0 Å². The summed E-state index contributed by atoms with van der Waals surface area (Å²) >= 11 is 0. The van der Waals surface area contributed by atoms with E-state index in [4.69, 9.17) is 10.4 Å². The predicted octanol–water partition coefficient (Wildman–Crippen LogP) is 1.57. The van der Waals surface area contributed by atoms with Crippen molar-refractivity contribution < 1.29 is 9.90 Å². The number of carbonyl (C=O) groups is 1. The molecule has 4 nitrogen and oxygen atoms in total. The number of hydrogen-bond donors (Lipinski definition) is 1. The number of aryl methyl sites for hydroxylation is 1. The highest BCUT2D eigenvalue weighted by molar-refractivity contribution is 5.91. The summed E-state index contributed by atoms with van der Waals surface area (Å²) in [7, 11) is 1.89. The Bertz CT molecular complexity index is 461. The molecule has 0 fully saturated rings. The lowest BCUT2D eigenvalue weighted by Gasteiger charge is -1.86. The van der Waals surface area contributed by atoms with Gasteiger partial charge in [-0.05, 0) is 17.7 Å². The second kappa shape index (κ2) is 4.82. The molecule has 76 valence electrons. The molecule has 1 aromatic rings. The Balaban J connectivity index is 2.75. The lowest BCUT2D eigenvalue weighted by atomic mass is 10.2. The Hall–Kier alpha value is -2.28. The summed E-state index contributed by atoms with van der Waals surface area (Å²) in [5, 5.41) is 17.0. The maximum Gasteiger partial charge on any atom is 0.346 e. The number of aromatic nitrogens is 1. The third-order valence-electron chi connectivity index (χ3n) is 1.76. The van der Waals surface area contributed by atoms with Crippen LogP contribution in [0.3, 0.4) is 0 Å². The Morgan fingerprint density at radius 3 is 2.87 bits per heavy atom. The molecule has 0 aliphatic heterocycles. The van der Waals surface area contributed by atoms with Gasteiger partial charge in [-0.1, -0.05) is 12.2 Å². The van der Waals surface area contributed by atoms with Gasteiger partial charge in [0.1, 0.15) is 11.6 Å². The third kappa shape index (κ3) is 3.16. The summed E-state index contributed by atoms with van der Waals surface area (Å²) in [4.78, 5) is 10.4. The van der Waals surface area contributed by atoms with E-state index in [1.54, 1.807) is 18.2 Å². The summed E-state index contributed by atoms with van der Waals surface area (Å²) in [5.41, 5.74) is 0.679. The fourth-order valence-electron chi connectivity index (χ4n) is 1.04. The lowest BCUT2D eigenvalue weighted by Crippen LogP contribution is -1.96. The molecule has 4 heteroatoms. The van der Waals surface area contributed by atoms with E-state index in [1.807, 2.05) is 30.1 Å². The summed E-state index contributed by atoms with van der Waals surface area (Å²) in [6.07, 6.45) is 8.32. The van der Waals surface area contributed by atoms with Crippen LogP contribution in [0.2, 0.25) is 0 Å². The maximum atomic E-state index is 10.4. The van der Waals surface area contributed by atoms with E-state index < -0.39 is 5.97 Å². The van der Waals surface area contributed by atoms with E-state index in [-0.39, 0.29) is 5.57 Å². The number of nitriles is 1. The molecule has 0 aliphatic rings. The van der Waals surface area contributed by atoms with Crippen LogP contribution in [0.4, 0.5) is 0 Å². The number of allylic oxidation sites excluding steroid dienone is 2. The van der Waals surface area contributed by atoms with Crippen molar-refractivity contribution in [2.75, 3.05) is 0 Å². The van der Waals surface area contributed by atoms with Crippen LogP contribution in [0.1, 0.15) is 5.56 Å². The van der Waals surface area contributed by atoms with Gasteiger partial charge in [0.05, 0.1) is 0 Å². The molecule has 0 saturated heterocycles. The summed E-state index contributed by atoms with van der Waals surface area (Å²) in [6.45, 7) is 0. The summed E-state index contributed by atoms with van der Waals surface area (Å²) in [5.74, 6) is -1.21. The first-order valence-electron chi connectivity index (χ1n) is 4.27. The smallest absolute Gasteiger partial charge is 0.346 e. The molecule has 1 aromatic heterocycles. The average molecular weight is 202 g/mol. The molecule has 0 aromatic carbocycles. The highest BCUT2D eigenvalue weighted by Crippen LogP contribution is 2.03. The van der Waals surface area contributed by atoms with Crippen LogP contribution in [-0.4, -0.2) is 15.6 Å². The van der Waals surface area contributed by atoms with E-state index in [1.165, 1.54) is 6.08 Å². The maximum absolute atomic E-state index is 10.4. The molecule has 1 N–H and O–H groups in total. The molecule has 0 saturated carbocycles. The minimum Gasteiger partial charge on any atom is -0.477 e. The number of rotatable bonds is 3. The SMILES string of the molecule is Cn1ccc(/C=C/C=C(\C#N)C(=O)O)c1. The van der Waals surface area contributed by atoms with E-state index >= 15 is 0 Å². The number of nitrogens with zero attached hydrogens (tertiary/aromatic N) is 2. The second-order valence-electron chi connectivity index (χ2n) is 2.97. The number of carboxylic acid groups (broad SMARTS) is 1. The van der Waals surface area contributed by atoms with Crippen LogP contribution in [-0.2, 0) is 11.8 Å². The van der Waals surface area contributed by atoms with Gasteiger partial charge >= 0.3 is 5.97 Å². The monoisotopic (exact) mass is 202 g/mol. The molecule has 0 spiro atoms. The average Bonchev–Trinajstić information content (AvgIpc) is 2.58. The van der Waals surface area contributed by atoms with Crippen molar-refractivity contribution in [2.24, 2.45) is 7.05 Å². The number of hydrogen-bond acceptors (Lipinski definition) is 2. The van der Waals surface area contributed by atoms with Gasteiger partial charge in [0.15, 0.2) is 0 Å². The van der Waals surface area contributed by atoms with Gasteiger partial charge in [-0.3, -0.25) is 0 Å². The molecule has 15 heavy (non-hydrogen) atoms. The Morgan fingerprint density at radius 1 is 1.67 bits per heavy atom. The van der Waals surface area contributed by atoms with Crippen LogP contribution in [0.15, 0.2) is 36.2 Å². The molecule has 0 unspecified atom stereocenters. The second-order valence-corrected chi connectivity index (χ2v) is 2.97. The fraction of sp³-hybridized carbons (Fsp3) is 0.0909. The first-order valence-corrected chi connectivity index (χ1v) is 4.27. The summed E-state index contributed by atoms with van der Waals surface area (Å²) < 4.78 is 1.88. The molecule has 0 atom stereocenters. The van der Waals surface area contributed by atoms with E-state index in [0.717, 1.165) is 5.56 Å². The van der Waals surface area contributed by atoms with Crippen molar-refractivity contribution in [3.63, 3.8) is 0 Å². The minimum absolute atomic E-state index is 0.276. The van der Waals surface area contributed by atoms with Crippen molar-refractivity contribution in [2.45, 2.75) is 0 Å². The van der Waals surface area contributed by atoms with Crippen LogP contribution >= 0.6 is 0 Å². The van der Waals surface area contributed by atoms with Crippen molar-refractivity contribution in [3.8, 4) is 6.07 Å². The van der Waals surface area contributed by atoms with Gasteiger partial charge in [-0.15, -0.1) is 0 Å². The Morgan fingerprint density at radius 2 is 2.40 bits per heavy atom. The van der Waals surface area contributed by atoms with E-state index in [2.05, 4.69) is 0 Å².